The molecule has 1 atom stereocenters. The Balaban J connectivity index is 1.34. The summed E-state index contributed by atoms with van der Waals surface area (Å²) < 4.78 is 31.3. The summed E-state index contributed by atoms with van der Waals surface area (Å²) in [5.41, 5.74) is 0.864. The lowest BCUT2D eigenvalue weighted by Crippen LogP contribution is -2.53. The zero-order valence-electron chi connectivity index (χ0n) is 24.5. The Kier molecular flexibility index (Phi) is 9.04. The third-order valence-corrected chi connectivity index (χ3v) is 9.75. The van der Waals surface area contributed by atoms with Crippen LogP contribution in [0.1, 0.15) is 0 Å². The summed E-state index contributed by atoms with van der Waals surface area (Å²) in [6.45, 7) is 0. The summed E-state index contributed by atoms with van der Waals surface area (Å²) in [5.74, 6) is -3.03. The van der Waals surface area contributed by atoms with E-state index in [1.54, 1.807) is 121 Å². The highest BCUT2D eigenvalue weighted by molar-refractivity contribution is 7.90. The zero-order chi connectivity index (χ0) is 32.9. The summed E-state index contributed by atoms with van der Waals surface area (Å²) in [6.07, 6.45) is 6.82. The van der Waals surface area contributed by atoms with E-state index >= 15 is 0 Å². The molecule has 47 heavy (non-hydrogen) atoms. The Bertz CT molecular complexity index is 1940. The van der Waals surface area contributed by atoms with Crippen LogP contribution in [0.3, 0.4) is 0 Å². The molecule has 1 unspecified atom stereocenters. The van der Waals surface area contributed by atoms with E-state index in [-0.39, 0.29) is 11.1 Å². The number of benzene rings is 4. The van der Waals surface area contributed by atoms with Crippen LogP contribution < -0.4 is 22.3 Å². The molecular formula is C35H25N4O6S2-. The van der Waals surface area contributed by atoms with Crippen LogP contribution in [0.25, 0.3) is 0 Å². The second-order valence-corrected chi connectivity index (χ2v) is 12.3. The van der Waals surface area contributed by atoms with Crippen LogP contribution in [0.15, 0.2) is 169 Å². The first-order valence-corrected chi connectivity index (χ1v) is 16.3. The maximum absolute atomic E-state index is 13.6. The summed E-state index contributed by atoms with van der Waals surface area (Å²) in [4.78, 5) is 40.6. The molecule has 234 valence electrons. The highest BCUT2D eigenvalue weighted by Gasteiger charge is 2.42. The lowest BCUT2D eigenvalue weighted by Gasteiger charge is -2.39. The molecule has 2 aliphatic rings. The molecule has 2 heterocycles. The minimum atomic E-state index is -2.18. The predicted molar refractivity (Wildman–Crippen MR) is 180 cm³/mol. The number of hydrogen-bond donors (Lipinski definition) is 0. The molecule has 2 aliphatic heterocycles. The predicted octanol–water partition coefficient (Wildman–Crippen LogP) is 4.39. The van der Waals surface area contributed by atoms with E-state index in [0.29, 0.717) is 22.7 Å². The monoisotopic (exact) mass is 661 g/mol. The third kappa shape index (κ3) is 6.07. The molecule has 1 fully saturated rings. The number of rotatable bonds is 7. The van der Waals surface area contributed by atoms with Crippen molar-refractivity contribution in [3.05, 3.63) is 169 Å². The first kappa shape index (κ1) is 31.1. The molecule has 12 heteroatoms. The van der Waals surface area contributed by atoms with E-state index < -0.39 is 45.9 Å². The first-order chi connectivity index (χ1) is 22.9. The molecule has 0 aliphatic carbocycles. The standard InChI is InChI=1S/C35H26N4O6S2/c40-32-30(33(41)37(27-18-8-2-9-19-27)46(44)36(32)26-16-6-1-7-17-26)24-14-5-15-25-31-34(42)38(28-20-10-3-11-21-28)47(45)39(35(31)43)29-22-12-4-13-23-29/h1-25,40H/p-1/b15-5+,24-14+,31-25?. The van der Waals surface area contributed by atoms with Gasteiger partial charge in [-0.25, -0.2) is 21.3 Å². The van der Waals surface area contributed by atoms with Crippen LogP contribution in [-0.4, -0.2) is 26.1 Å². The van der Waals surface area contributed by atoms with E-state index in [1.807, 2.05) is 0 Å². The number of hydrogen-bond acceptors (Lipinski definition) is 6. The molecule has 6 rings (SSSR count). The van der Waals surface area contributed by atoms with Gasteiger partial charge in [0.2, 0.25) is 22.3 Å². The van der Waals surface area contributed by atoms with Gasteiger partial charge >= 0.3 is 0 Å². The van der Waals surface area contributed by atoms with Gasteiger partial charge in [0.25, 0.3) is 17.7 Å². The minimum absolute atomic E-state index is 0.250. The lowest BCUT2D eigenvalue weighted by atomic mass is 10.1. The van der Waals surface area contributed by atoms with Gasteiger partial charge < -0.3 is 5.11 Å². The van der Waals surface area contributed by atoms with Gasteiger partial charge in [-0.1, -0.05) is 91.0 Å². The van der Waals surface area contributed by atoms with Crippen LogP contribution >= 0.6 is 0 Å². The number of anilines is 4. The molecule has 10 nitrogen and oxygen atoms in total. The number of carbonyl (C=O) groups excluding carboxylic acids is 3. The second kappa shape index (κ2) is 13.6. The molecule has 0 spiro atoms. The summed E-state index contributed by atoms with van der Waals surface area (Å²) in [7, 11) is 0. The summed E-state index contributed by atoms with van der Waals surface area (Å²) in [5, 5.41) is 13.5. The molecule has 0 radical (unpaired) electrons. The Morgan fingerprint density at radius 2 is 0.830 bits per heavy atom. The van der Waals surface area contributed by atoms with E-state index in [2.05, 4.69) is 0 Å². The quantitative estimate of drug-likeness (QED) is 0.165. The van der Waals surface area contributed by atoms with Crippen molar-refractivity contribution in [2.45, 2.75) is 0 Å². The topological polar surface area (TPSA) is 121 Å². The number of para-hydroxylation sites is 4. The normalized spacial score (nSPS) is 19.0. The van der Waals surface area contributed by atoms with Crippen molar-refractivity contribution in [1.29, 1.82) is 0 Å². The van der Waals surface area contributed by atoms with Crippen LogP contribution in [0.4, 0.5) is 22.7 Å². The minimum Gasteiger partial charge on any atom is -0.859 e. The van der Waals surface area contributed by atoms with Crippen molar-refractivity contribution >= 4 is 62.8 Å². The molecule has 0 aromatic heterocycles. The maximum atomic E-state index is 13.6. The zero-order valence-corrected chi connectivity index (χ0v) is 26.1. The lowest BCUT2D eigenvalue weighted by molar-refractivity contribution is -0.303. The van der Waals surface area contributed by atoms with Crippen molar-refractivity contribution in [2.75, 3.05) is 17.2 Å². The van der Waals surface area contributed by atoms with Gasteiger partial charge in [0.05, 0.1) is 28.3 Å². The Morgan fingerprint density at radius 1 is 0.468 bits per heavy atom. The fraction of sp³-hybridized carbons (Fsp3) is 0. The van der Waals surface area contributed by atoms with Crippen molar-refractivity contribution in [2.24, 2.45) is 0 Å². The molecule has 0 N–H and O–H groups in total. The average Bonchev–Trinajstić information content (AvgIpc) is 3.09. The van der Waals surface area contributed by atoms with Gasteiger partial charge in [-0.2, -0.15) is 0 Å². The Labute approximate surface area is 275 Å². The van der Waals surface area contributed by atoms with Gasteiger partial charge in [0.1, 0.15) is 5.57 Å². The van der Waals surface area contributed by atoms with Crippen LogP contribution in [-0.2, 0) is 36.7 Å². The van der Waals surface area contributed by atoms with Crippen molar-refractivity contribution in [3.63, 3.8) is 0 Å². The summed E-state index contributed by atoms with van der Waals surface area (Å²) in [6, 6.07) is 33.5. The Morgan fingerprint density at radius 3 is 1.26 bits per heavy atom. The maximum Gasteiger partial charge on any atom is 0.277 e. The van der Waals surface area contributed by atoms with E-state index in [0.717, 1.165) is 17.2 Å². The Hall–Kier alpha value is -5.85. The number of nitrogens with zero attached hydrogens (tertiary/aromatic N) is 4. The smallest absolute Gasteiger partial charge is 0.277 e. The van der Waals surface area contributed by atoms with Crippen LogP contribution in [0, 0.1) is 0 Å². The molecule has 3 amide bonds. The number of carbonyl (C=O) groups is 3. The molecule has 4 aromatic rings. The van der Waals surface area contributed by atoms with Crippen LogP contribution in [0.5, 0.6) is 0 Å². The molecule has 1 saturated heterocycles. The van der Waals surface area contributed by atoms with E-state index in [1.165, 1.54) is 30.4 Å². The third-order valence-electron chi connectivity index (χ3n) is 7.00. The molecule has 0 saturated carbocycles. The first-order valence-electron chi connectivity index (χ1n) is 14.2. The highest BCUT2D eigenvalue weighted by atomic mass is 32.2. The fourth-order valence-electron chi connectivity index (χ4n) is 4.80. The second-order valence-electron chi connectivity index (χ2n) is 9.94. The van der Waals surface area contributed by atoms with Gasteiger partial charge in [-0.3, -0.25) is 18.7 Å². The van der Waals surface area contributed by atoms with E-state index in [9.17, 15) is 27.9 Å². The van der Waals surface area contributed by atoms with Gasteiger partial charge in [0, 0.05) is 0 Å². The molecule has 4 aromatic carbocycles. The van der Waals surface area contributed by atoms with Gasteiger partial charge in [0.15, 0.2) is 0 Å². The fourth-order valence-corrected chi connectivity index (χ4v) is 7.30. The van der Waals surface area contributed by atoms with Crippen molar-refractivity contribution < 1.29 is 27.9 Å². The molecular weight excluding hydrogens is 637 g/mol. The SMILES string of the molecule is O=C1C(=C/C=C/C=C/C2=C([O-])N(c3ccccc3)S(=O)N(c3ccccc3)C2=O)C(=O)N(c2ccccc2)S(=O)N1c1ccccc1. The van der Waals surface area contributed by atoms with Gasteiger partial charge in [-0.05, 0) is 66.6 Å². The largest absolute Gasteiger partial charge is 0.859 e. The van der Waals surface area contributed by atoms with Crippen LogP contribution in [0.2, 0.25) is 0 Å². The average molecular weight is 662 g/mol. The number of allylic oxidation sites excluding steroid dienone is 4. The van der Waals surface area contributed by atoms with Crippen molar-refractivity contribution in [1.82, 2.24) is 0 Å². The highest BCUT2D eigenvalue weighted by Crippen LogP contribution is 2.32. The van der Waals surface area contributed by atoms with Crippen molar-refractivity contribution in [3.8, 4) is 0 Å². The summed E-state index contributed by atoms with van der Waals surface area (Å²) >= 11 is -4.37. The number of amides is 3. The van der Waals surface area contributed by atoms with E-state index in [4.69, 9.17) is 0 Å². The molecule has 0 bridgehead atoms. The van der Waals surface area contributed by atoms with Gasteiger partial charge in [-0.15, -0.1) is 0 Å².